The summed E-state index contributed by atoms with van der Waals surface area (Å²) < 4.78 is 17.9. The number of unbranched alkanes of at least 4 members (excludes halogenated alkanes) is 2. The molecule has 22 nitrogen and oxygen atoms in total. The van der Waals surface area contributed by atoms with Crippen LogP contribution in [-0.2, 0) is 58.1 Å². The van der Waals surface area contributed by atoms with Gasteiger partial charge in [-0.2, -0.15) is 0 Å². The molecule has 2 aromatic heterocycles. The van der Waals surface area contributed by atoms with E-state index >= 15 is 0 Å². The van der Waals surface area contributed by atoms with Crippen LogP contribution < -0.4 is 36.6 Å². The summed E-state index contributed by atoms with van der Waals surface area (Å²) in [4.78, 5) is 139. The molecule has 2 fully saturated rings. The maximum Gasteiger partial charge on any atom is 0.396 e. The molecule has 1 saturated heterocycles. The van der Waals surface area contributed by atoms with Crippen molar-refractivity contribution in [3.63, 3.8) is 0 Å². The number of likely N-dealkylation sites (tertiary alicyclic amines) is 1. The summed E-state index contributed by atoms with van der Waals surface area (Å²) in [5, 5.41) is 23.2. The van der Waals surface area contributed by atoms with Crippen molar-refractivity contribution in [2.24, 2.45) is 11.1 Å². The van der Waals surface area contributed by atoms with Gasteiger partial charge in [0.1, 0.15) is 42.2 Å². The number of β-amino-alcohol motifs (C(OH)–C–C–N with tert-alkyl or cyclic N) is 1. The first-order valence-electron chi connectivity index (χ1n) is 29.7. The lowest BCUT2D eigenvalue weighted by Crippen LogP contribution is -2.58. The molecule has 7 amide bonds. The molecule has 4 aliphatic rings. The largest absolute Gasteiger partial charge is 0.491 e. The fourth-order valence-electron chi connectivity index (χ4n) is 12.2. The molecule has 1 aliphatic carbocycles. The SMILES string of the molecule is Cc1ncsc1-c1ccc(C2(NC(=O)[C@@H]3C[C@@H](O)CN3C(=O)[C@@H](NC(=O)CCCCCc3cccc(OC[C@H](CCC(N)=O)NC(=O)C4Cc5cccc6c5N4C(=O)[C@@H](NC(=O)c4cc5cc(C(=O)P(=O)(O)O)ccc5[nH]4)CC6)c3)C(C)(C)C)CC2)cc1. The summed E-state index contributed by atoms with van der Waals surface area (Å²) in [6, 6.07) is 21.9. The average molecular weight is 1240 g/mol. The fourth-order valence-corrected chi connectivity index (χ4v) is 13.4. The van der Waals surface area contributed by atoms with E-state index in [1.54, 1.807) is 17.4 Å². The lowest BCUT2D eigenvalue weighted by molar-refractivity contribution is -0.144. The molecule has 6 aromatic rings. The number of aliphatic hydroxyl groups excluding tert-OH is 1. The third-order valence-electron chi connectivity index (χ3n) is 17.0. The van der Waals surface area contributed by atoms with Crippen molar-refractivity contribution >= 4 is 82.4 Å². The Kier molecular flexibility index (Phi) is 18.6. The highest BCUT2D eigenvalue weighted by Crippen LogP contribution is 2.47. The predicted octanol–water partition coefficient (Wildman–Crippen LogP) is 6.15. The number of hydrogen-bond acceptors (Lipinski definition) is 13. The number of benzene rings is 4. The summed E-state index contributed by atoms with van der Waals surface area (Å²) in [5.74, 6) is -2.77. The van der Waals surface area contributed by atoms with Gasteiger partial charge in [-0.1, -0.05) is 81.8 Å². The summed E-state index contributed by atoms with van der Waals surface area (Å²) in [7, 11) is -5.06. The number of fused-ring (bicyclic) bond motifs is 1. The number of anilines is 1. The van der Waals surface area contributed by atoms with E-state index in [1.807, 2.05) is 93.9 Å². The van der Waals surface area contributed by atoms with Gasteiger partial charge in [0.25, 0.3) is 11.4 Å². The Hall–Kier alpha value is -8.08. The molecule has 5 heterocycles. The van der Waals surface area contributed by atoms with E-state index < -0.39 is 89.9 Å². The molecule has 0 radical (unpaired) electrons. The molecular formula is C64H74N9O13PS. The second-order valence-corrected chi connectivity index (χ2v) is 27.0. The summed E-state index contributed by atoms with van der Waals surface area (Å²) in [5.41, 5.74) is 11.1. The molecule has 4 aromatic carbocycles. The van der Waals surface area contributed by atoms with Crippen LogP contribution in [0.5, 0.6) is 5.75 Å². The Morgan fingerprint density at radius 2 is 1.65 bits per heavy atom. The number of aromatic nitrogens is 2. The van der Waals surface area contributed by atoms with Crippen molar-refractivity contribution in [3.8, 4) is 16.2 Å². The Balaban J connectivity index is 0.706. The number of para-hydroxylation sites is 1. The number of carbonyl (C=O) groups excluding carboxylic acids is 8. The fraction of sp³-hybridized carbons (Fsp3) is 0.422. The van der Waals surface area contributed by atoms with Gasteiger partial charge < -0.3 is 56.5 Å². The van der Waals surface area contributed by atoms with Crippen LogP contribution in [0.4, 0.5) is 5.69 Å². The number of H-pyrrole nitrogens is 1. The van der Waals surface area contributed by atoms with Gasteiger partial charge in [-0.15, -0.1) is 11.3 Å². The first-order valence-corrected chi connectivity index (χ1v) is 32.2. The van der Waals surface area contributed by atoms with Gasteiger partial charge in [-0.25, -0.2) is 4.98 Å². The molecule has 24 heteroatoms. The zero-order valence-corrected chi connectivity index (χ0v) is 51.2. The first kappa shape index (κ1) is 63.0. The molecule has 0 spiro atoms. The smallest absolute Gasteiger partial charge is 0.396 e. The molecule has 464 valence electrons. The maximum absolute atomic E-state index is 14.6. The average Bonchev–Trinajstić information content (AvgIpc) is 1.92. The normalized spacial score (nSPS) is 19.3. The van der Waals surface area contributed by atoms with E-state index in [0.29, 0.717) is 48.0 Å². The Bertz CT molecular complexity index is 3740. The van der Waals surface area contributed by atoms with Crippen LogP contribution in [-0.4, -0.2) is 126 Å². The van der Waals surface area contributed by atoms with Gasteiger partial charge in [-0.3, -0.25) is 47.8 Å². The summed E-state index contributed by atoms with van der Waals surface area (Å²) in [6.07, 6.45) is 4.37. The molecule has 1 unspecified atom stereocenters. The Morgan fingerprint density at radius 1 is 0.898 bits per heavy atom. The molecule has 10 rings (SSSR count). The first-order chi connectivity index (χ1) is 41.8. The molecule has 6 atom stereocenters. The number of aryl methyl sites for hydroxylation is 3. The highest BCUT2D eigenvalue weighted by Gasteiger charge is 2.51. The number of nitrogens with zero attached hydrogens (tertiary/aromatic N) is 3. The van der Waals surface area contributed by atoms with Crippen molar-refractivity contribution in [3.05, 3.63) is 136 Å². The number of aromatic amines is 1. The van der Waals surface area contributed by atoms with Crippen LogP contribution in [0.15, 0.2) is 96.5 Å². The highest BCUT2D eigenvalue weighted by atomic mass is 32.1. The minimum atomic E-state index is -5.06. The van der Waals surface area contributed by atoms with E-state index in [4.69, 9.17) is 10.5 Å². The van der Waals surface area contributed by atoms with Crippen LogP contribution >= 0.6 is 18.9 Å². The number of primary amides is 1. The Morgan fingerprint density at radius 3 is 2.35 bits per heavy atom. The van der Waals surface area contributed by atoms with Gasteiger partial charge in [0.05, 0.1) is 39.5 Å². The minimum Gasteiger partial charge on any atom is -0.491 e. The number of ether oxygens (including phenoxy) is 1. The van der Waals surface area contributed by atoms with Crippen molar-refractivity contribution in [2.75, 3.05) is 18.1 Å². The van der Waals surface area contributed by atoms with E-state index in [-0.39, 0.29) is 74.7 Å². The number of rotatable bonds is 24. The standard InChI is InChI=1S/C64H74N9O13PS/c1-36-55(88-35-66-36)39-16-20-43(21-17-39)64(26-27-64)71-59(79)50-32-45(74)33-72(50)61(81)56(63(2,3)4)70-53(76)15-7-5-6-10-37-11-8-14-46(28-37)86-34-44(22-25-52(65)75)67-58(78)51-31-40-13-9-12-38-18-24-48(60(80)73(51)54(38)40)69-57(77)49-30-42-29-41(19-23-47(42)68-49)62(82)87(83,84)85/h8-9,11-14,16-17,19-21,23,28-30,35,44-45,48,50-51,56,68,74H,5-7,10,15,18,22,24-27,31-34H2,1-4H3,(H2,65,75)(H,67,78)(H,69,77)(H,70,76)(H,71,79)(H2,83,84,85)/t44-,45+,48-,50-,51?,56+/m0/s1. The third-order valence-corrected chi connectivity index (χ3v) is 18.8. The molecule has 88 heavy (non-hydrogen) atoms. The van der Waals surface area contributed by atoms with E-state index in [2.05, 4.69) is 31.2 Å². The third kappa shape index (κ3) is 14.2. The molecule has 10 N–H and O–H groups in total. The van der Waals surface area contributed by atoms with E-state index in [0.717, 1.165) is 57.7 Å². The second kappa shape index (κ2) is 25.9. The van der Waals surface area contributed by atoms with Crippen LogP contribution in [0.25, 0.3) is 21.3 Å². The lowest BCUT2D eigenvalue weighted by atomic mass is 9.85. The molecule has 0 bridgehead atoms. The zero-order chi connectivity index (χ0) is 62.8. The van der Waals surface area contributed by atoms with Gasteiger partial charge >= 0.3 is 7.60 Å². The number of carbonyl (C=O) groups is 8. The van der Waals surface area contributed by atoms with Gasteiger partial charge in [-0.05, 0) is 128 Å². The van der Waals surface area contributed by atoms with Crippen LogP contribution in [0.2, 0.25) is 0 Å². The van der Waals surface area contributed by atoms with Crippen LogP contribution in [0.1, 0.15) is 134 Å². The number of hydrogen-bond donors (Lipinski definition) is 9. The van der Waals surface area contributed by atoms with Crippen LogP contribution in [0.3, 0.4) is 0 Å². The molecule has 1 saturated carbocycles. The van der Waals surface area contributed by atoms with Crippen molar-refractivity contribution < 1.29 is 62.6 Å². The molecular weight excluding hydrogens is 1170 g/mol. The predicted molar refractivity (Wildman–Crippen MR) is 329 cm³/mol. The number of aliphatic hydroxyl groups is 1. The number of nitrogens with one attached hydrogen (secondary N) is 5. The maximum atomic E-state index is 14.6. The van der Waals surface area contributed by atoms with Crippen molar-refractivity contribution in [1.29, 1.82) is 0 Å². The lowest BCUT2D eigenvalue weighted by Gasteiger charge is -2.35. The summed E-state index contributed by atoms with van der Waals surface area (Å²) in [6.45, 7) is 7.48. The van der Waals surface area contributed by atoms with Crippen LogP contribution in [0, 0.1) is 12.3 Å². The monoisotopic (exact) mass is 1240 g/mol. The minimum absolute atomic E-state index is 0.0260. The topological polar surface area (TPSA) is 333 Å². The second-order valence-electron chi connectivity index (χ2n) is 24.7. The van der Waals surface area contributed by atoms with Gasteiger partial charge in [0, 0.05) is 48.7 Å². The van der Waals surface area contributed by atoms with Gasteiger partial charge in [0.15, 0.2) is 0 Å². The van der Waals surface area contributed by atoms with Gasteiger partial charge in [0.2, 0.25) is 35.4 Å². The molecule has 3 aliphatic heterocycles. The Labute approximate surface area is 512 Å². The van der Waals surface area contributed by atoms with E-state index in [9.17, 15) is 57.8 Å². The van der Waals surface area contributed by atoms with Crippen molar-refractivity contribution in [2.45, 2.75) is 153 Å². The number of amides is 7. The quantitative estimate of drug-likeness (QED) is 0.0243. The number of nitrogens with two attached hydrogens (primary N) is 1. The number of thiazole rings is 1. The highest BCUT2D eigenvalue weighted by molar-refractivity contribution is 7.70. The zero-order valence-electron chi connectivity index (χ0n) is 49.5. The van der Waals surface area contributed by atoms with Crippen molar-refractivity contribution in [1.82, 2.24) is 36.1 Å². The summed E-state index contributed by atoms with van der Waals surface area (Å²) >= 11 is 1.57. The van der Waals surface area contributed by atoms with E-state index in [1.165, 1.54) is 34.1 Å².